The van der Waals surface area contributed by atoms with E-state index in [0.717, 1.165) is 30.4 Å². The first-order valence-corrected chi connectivity index (χ1v) is 13.1. The number of unbranched alkanes of at least 4 members (excludes halogenated alkanes) is 6. The molecule has 0 saturated heterocycles. The first kappa shape index (κ1) is 26.3. The zero-order chi connectivity index (χ0) is 23.5. The van der Waals surface area contributed by atoms with Crippen LogP contribution >= 0.6 is 0 Å². The Kier molecular flexibility index (Phi) is 11.1. The second-order valence-electron chi connectivity index (χ2n) is 9.72. The molecule has 2 heteroatoms. The van der Waals surface area contributed by atoms with Crippen LogP contribution in [0.1, 0.15) is 139 Å². The molecule has 2 unspecified atom stereocenters. The molecule has 0 aliphatic heterocycles. The third kappa shape index (κ3) is 7.29. The van der Waals surface area contributed by atoms with Crippen LogP contribution in [-0.2, 0) is 0 Å². The Morgan fingerprint density at radius 1 is 0.625 bits per heavy atom. The first-order chi connectivity index (χ1) is 15.4. The van der Waals surface area contributed by atoms with Crippen molar-refractivity contribution >= 4 is 0 Å². The Bertz CT molecular complexity index is 751. The number of phenols is 2. The average molecular weight is 439 g/mol. The third-order valence-electron chi connectivity index (χ3n) is 7.29. The lowest BCUT2D eigenvalue weighted by Crippen LogP contribution is -2.05. The normalized spacial score (nSPS) is 14.3. The molecule has 0 spiro atoms. The molecule has 2 aromatic carbocycles. The van der Waals surface area contributed by atoms with E-state index in [9.17, 15) is 10.2 Å². The van der Waals surface area contributed by atoms with E-state index < -0.39 is 0 Å². The van der Waals surface area contributed by atoms with Gasteiger partial charge in [-0.3, -0.25) is 0 Å². The molecule has 0 aliphatic carbocycles. The third-order valence-corrected chi connectivity index (χ3v) is 7.29. The zero-order valence-corrected chi connectivity index (χ0v) is 21.2. The standard InChI is InChI=1S/C30H46O2/c1-6-9-10-11-12-13-14-15-26(24-16-18-29(31)27(20-24)22(4)7-2)25-17-19-30(32)28(21-25)23(5)8-3/h16-23,26,31-32H,6-15H2,1-5H3. The van der Waals surface area contributed by atoms with Crippen LogP contribution in [0, 0.1) is 0 Å². The molecule has 2 atom stereocenters. The predicted molar refractivity (Wildman–Crippen MR) is 138 cm³/mol. The molecular weight excluding hydrogens is 392 g/mol. The van der Waals surface area contributed by atoms with Crippen LogP contribution in [0.5, 0.6) is 11.5 Å². The van der Waals surface area contributed by atoms with Crippen molar-refractivity contribution in [1.29, 1.82) is 0 Å². The molecule has 0 amide bonds. The van der Waals surface area contributed by atoms with Crippen LogP contribution in [0.2, 0.25) is 0 Å². The second kappa shape index (κ2) is 13.6. The monoisotopic (exact) mass is 438 g/mol. The SMILES string of the molecule is CCCCCCCCCC(c1ccc(O)c(C(C)CC)c1)c1ccc(O)c(C(C)CC)c1. The molecule has 178 valence electrons. The summed E-state index contributed by atoms with van der Waals surface area (Å²) in [6.45, 7) is 11.0. The Hall–Kier alpha value is -1.96. The van der Waals surface area contributed by atoms with E-state index in [2.05, 4.69) is 58.9 Å². The van der Waals surface area contributed by atoms with Crippen LogP contribution in [0.4, 0.5) is 0 Å². The van der Waals surface area contributed by atoms with Crippen LogP contribution in [0.25, 0.3) is 0 Å². The van der Waals surface area contributed by atoms with Gasteiger partial charge in [0.25, 0.3) is 0 Å². The fourth-order valence-corrected chi connectivity index (χ4v) is 4.64. The molecule has 2 rings (SSSR count). The van der Waals surface area contributed by atoms with E-state index in [-0.39, 0.29) is 5.92 Å². The van der Waals surface area contributed by atoms with E-state index in [0.29, 0.717) is 23.3 Å². The molecule has 0 fully saturated rings. The molecule has 2 N–H and O–H groups in total. The van der Waals surface area contributed by atoms with Gasteiger partial charge >= 0.3 is 0 Å². The maximum atomic E-state index is 10.5. The fourth-order valence-electron chi connectivity index (χ4n) is 4.64. The predicted octanol–water partition coefficient (Wildman–Crippen LogP) is 9.40. The Morgan fingerprint density at radius 2 is 1.06 bits per heavy atom. The van der Waals surface area contributed by atoms with Gasteiger partial charge in [0.1, 0.15) is 11.5 Å². The van der Waals surface area contributed by atoms with Gasteiger partial charge in [0, 0.05) is 5.92 Å². The molecule has 0 saturated carbocycles. The molecule has 0 bridgehead atoms. The number of phenolic OH excluding ortho intramolecular Hbond substituents is 2. The number of hydrogen-bond donors (Lipinski definition) is 2. The maximum absolute atomic E-state index is 10.5. The molecule has 0 aromatic heterocycles. The molecule has 0 aliphatic rings. The quantitative estimate of drug-likeness (QED) is 0.288. The van der Waals surface area contributed by atoms with Crippen LogP contribution in [0.15, 0.2) is 36.4 Å². The smallest absolute Gasteiger partial charge is 0.119 e. The summed E-state index contributed by atoms with van der Waals surface area (Å²) in [5.41, 5.74) is 4.67. The summed E-state index contributed by atoms with van der Waals surface area (Å²) in [6.07, 6.45) is 12.2. The highest BCUT2D eigenvalue weighted by molar-refractivity contribution is 5.46. The van der Waals surface area contributed by atoms with Crippen molar-refractivity contribution in [1.82, 2.24) is 0 Å². The Morgan fingerprint density at radius 3 is 1.50 bits per heavy atom. The summed E-state index contributed by atoms with van der Waals surface area (Å²) in [4.78, 5) is 0. The Balaban J connectivity index is 2.30. The zero-order valence-electron chi connectivity index (χ0n) is 21.2. The Labute approximate surface area is 197 Å². The second-order valence-corrected chi connectivity index (χ2v) is 9.72. The molecular formula is C30H46O2. The van der Waals surface area contributed by atoms with Crippen molar-refractivity contribution in [3.8, 4) is 11.5 Å². The van der Waals surface area contributed by atoms with Crippen LogP contribution < -0.4 is 0 Å². The molecule has 2 nitrogen and oxygen atoms in total. The minimum absolute atomic E-state index is 0.289. The molecule has 2 aromatic rings. The van der Waals surface area contributed by atoms with Crippen molar-refractivity contribution < 1.29 is 10.2 Å². The number of benzene rings is 2. The summed E-state index contributed by atoms with van der Waals surface area (Å²) in [6, 6.07) is 12.4. The van der Waals surface area contributed by atoms with Gasteiger partial charge in [0.05, 0.1) is 0 Å². The van der Waals surface area contributed by atoms with Gasteiger partial charge in [-0.15, -0.1) is 0 Å². The minimum Gasteiger partial charge on any atom is -0.508 e. The highest BCUT2D eigenvalue weighted by atomic mass is 16.3. The lowest BCUT2D eigenvalue weighted by molar-refractivity contribution is 0.460. The van der Waals surface area contributed by atoms with E-state index >= 15 is 0 Å². The molecule has 0 radical (unpaired) electrons. The van der Waals surface area contributed by atoms with E-state index in [4.69, 9.17) is 0 Å². The summed E-state index contributed by atoms with van der Waals surface area (Å²) in [5, 5.41) is 20.9. The van der Waals surface area contributed by atoms with Crippen molar-refractivity contribution in [3.05, 3.63) is 58.7 Å². The molecule has 0 heterocycles. The van der Waals surface area contributed by atoms with Crippen molar-refractivity contribution in [2.45, 2.75) is 117 Å². The number of rotatable bonds is 14. The van der Waals surface area contributed by atoms with Crippen LogP contribution in [0.3, 0.4) is 0 Å². The lowest BCUT2D eigenvalue weighted by atomic mass is 9.82. The number of aromatic hydroxyl groups is 2. The lowest BCUT2D eigenvalue weighted by Gasteiger charge is -2.23. The van der Waals surface area contributed by atoms with Gasteiger partial charge in [-0.25, -0.2) is 0 Å². The van der Waals surface area contributed by atoms with Crippen molar-refractivity contribution in [3.63, 3.8) is 0 Å². The largest absolute Gasteiger partial charge is 0.508 e. The van der Waals surface area contributed by atoms with Gasteiger partial charge < -0.3 is 10.2 Å². The summed E-state index contributed by atoms with van der Waals surface area (Å²) < 4.78 is 0. The molecule has 32 heavy (non-hydrogen) atoms. The topological polar surface area (TPSA) is 40.5 Å². The van der Waals surface area contributed by atoms with Gasteiger partial charge in [-0.2, -0.15) is 0 Å². The van der Waals surface area contributed by atoms with Crippen LogP contribution in [-0.4, -0.2) is 10.2 Å². The minimum atomic E-state index is 0.289. The maximum Gasteiger partial charge on any atom is 0.119 e. The summed E-state index contributed by atoms with van der Waals surface area (Å²) in [7, 11) is 0. The van der Waals surface area contributed by atoms with Gasteiger partial charge in [0.15, 0.2) is 0 Å². The van der Waals surface area contributed by atoms with E-state index in [1.54, 1.807) is 0 Å². The average Bonchev–Trinajstić information content (AvgIpc) is 2.81. The first-order valence-electron chi connectivity index (χ1n) is 13.1. The van der Waals surface area contributed by atoms with Gasteiger partial charge in [-0.05, 0) is 65.5 Å². The van der Waals surface area contributed by atoms with Gasteiger partial charge in [-0.1, -0.05) is 104 Å². The highest BCUT2D eigenvalue weighted by Gasteiger charge is 2.20. The van der Waals surface area contributed by atoms with Crippen molar-refractivity contribution in [2.75, 3.05) is 0 Å². The van der Waals surface area contributed by atoms with E-state index in [1.165, 1.54) is 56.1 Å². The highest BCUT2D eigenvalue weighted by Crippen LogP contribution is 2.38. The van der Waals surface area contributed by atoms with Crippen molar-refractivity contribution in [2.24, 2.45) is 0 Å². The summed E-state index contributed by atoms with van der Waals surface area (Å²) >= 11 is 0. The van der Waals surface area contributed by atoms with Gasteiger partial charge in [0.2, 0.25) is 0 Å². The fraction of sp³-hybridized carbons (Fsp3) is 0.600. The number of hydrogen-bond acceptors (Lipinski definition) is 2. The summed E-state index contributed by atoms with van der Waals surface area (Å²) in [5.74, 6) is 1.78. The van der Waals surface area contributed by atoms with E-state index in [1.807, 2.05) is 12.1 Å².